The number of nitrogens with two attached hydrogens (primary N) is 1. The van der Waals surface area contributed by atoms with Crippen LogP contribution in [-0.2, 0) is 6.54 Å². The molecule has 0 amide bonds. The van der Waals surface area contributed by atoms with Crippen LogP contribution in [0, 0.1) is 6.92 Å². The third-order valence-corrected chi connectivity index (χ3v) is 2.80. The van der Waals surface area contributed by atoms with Crippen molar-refractivity contribution in [1.29, 1.82) is 0 Å². The van der Waals surface area contributed by atoms with Gasteiger partial charge < -0.3 is 10.6 Å². The minimum Gasteiger partial charge on any atom is -0.399 e. The first kappa shape index (κ1) is 12.4. The van der Waals surface area contributed by atoms with Crippen LogP contribution in [0.5, 0.6) is 0 Å². The monoisotopic (exact) mass is 242 g/mol. The minimum atomic E-state index is 0.773. The molecule has 2 aromatic rings. The molecule has 0 fully saturated rings. The maximum absolute atomic E-state index is 5.68. The quantitative estimate of drug-likeness (QED) is 0.836. The van der Waals surface area contributed by atoms with E-state index in [-0.39, 0.29) is 0 Å². The van der Waals surface area contributed by atoms with Crippen LogP contribution in [0.1, 0.15) is 18.2 Å². The Hall–Kier alpha value is -2.10. The second-order valence-electron chi connectivity index (χ2n) is 4.25. The van der Waals surface area contributed by atoms with Crippen molar-refractivity contribution in [3.63, 3.8) is 0 Å². The molecule has 4 nitrogen and oxygen atoms in total. The van der Waals surface area contributed by atoms with Gasteiger partial charge in [0, 0.05) is 30.7 Å². The van der Waals surface area contributed by atoms with Crippen LogP contribution in [0.4, 0.5) is 11.6 Å². The molecule has 0 saturated heterocycles. The molecule has 0 radical (unpaired) electrons. The van der Waals surface area contributed by atoms with E-state index in [1.807, 2.05) is 37.3 Å². The van der Waals surface area contributed by atoms with Crippen molar-refractivity contribution in [3.8, 4) is 0 Å². The zero-order chi connectivity index (χ0) is 13.0. The van der Waals surface area contributed by atoms with Gasteiger partial charge in [0.2, 0.25) is 5.95 Å². The van der Waals surface area contributed by atoms with Crippen molar-refractivity contribution in [2.24, 2.45) is 0 Å². The van der Waals surface area contributed by atoms with Crippen molar-refractivity contribution in [2.75, 3.05) is 17.2 Å². The summed E-state index contributed by atoms with van der Waals surface area (Å²) in [5.74, 6) is 0.773. The van der Waals surface area contributed by atoms with Gasteiger partial charge in [-0.1, -0.05) is 12.1 Å². The average Bonchev–Trinajstić information content (AvgIpc) is 2.38. The molecule has 18 heavy (non-hydrogen) atoms. The van der Waals surface area contributed by atoms with E-state index in [0.29, 0.717) is 0 Å². The molecular formula is C14H18N4. The first-order chi connectivity index (χ1) is 8.69. The predicted octanol–water partition coefficient (Wildman–Crippen LogP) is 2.39. The molecule has 0 bridgehead atoms. The molecule has 1 aromatic carbocycles. The highest BCUT2D eigenvalue weighted by atomic mass is 15.2. The number of aryl methyl sites for hydroxylation is 1. The summed E-state index contributed by atoms with van der Waals surface area (Å²) in [4.78, 5) is 10.9. The number of nitrogens with zero attached hydrogens (tertiary/aromatic N) is 3. The van der Waals surface area contributed by atoms with Gasteiger partial charge in [-0.2, -0.15) is 0 Å². The topological polar surface area (TPSA) is 55.0 Å². The van der Waals surface area contributed by atoms with Gasteiger partial charge in [0.1, 0.15) is 0 Å². The summed E-state index contributed by atoms with van der Waals surface area (Å²) in [5, 5.41) is 0. The molecule has 94 valence electrons. The van der Waals surface area contributed by atoms with E-state index in [4.69, 9.17) is 5.73 Å². The van der Waals surface area contributed by atoms with E-state index >= 15 is 0 Å². The second-order valence-corrected chi connectivity index (χ2v) is 4.25. The van der Waals surface area contributed by atoms with E-state index in [0.717, 1.165) is 30.4 Å². The Morgan fingerprint density at radius 2 is 1.89 bits per heavy atom. The number of hydrogen-bond acceptors (Lipinski definition) is 4. The summed E-state index contributed by atoms with van der Waals surface area (Å²) in [6.07, 6.45) is 1.79. The third-order valence-electron chi connectivity index (χ3n) is 2.80. The van der Waals surface area contributed by atoms with Gasteiger partial charge >= 0.3 is 0 Å². The lowest BCUT2D eigenvalue weighted by molar-refractivity contribution is 0.787. The second kappa shape index (κ2) is 5.49. The summed E-state index contributed by atoms with van der Waals surface area (Å²) in [6, 6.07) is 9.81. The van der Waals surface area contributed by atoms with Crippen molar-refractivity contribution >= 4 is 11.6 Å². The third kappa shape index (κ3) is 2.97. The van der Waals surface area contributed by atoms with Gasteiger partial charge in [-0.3, -0.25) is 0 Å². The Morgan fingerprint density at radius 1 is 1.17 bits per heavy atom. The number of nitrogen functional groups attached to an aromatic ring is 1. The van der Waals surface area contributed by atoms with Crippen LogP contribution in [0.25, 0.3) is 0 Å². The van der Waals surface area contributed by atoms with E-state index in [9.17, 15) is 0 Å². The van der Waals surface area contributed by atoms with Gasteiger partial charge in [-0.05, 0) is 37.6 Å². The molecule has 1 aromatic heterocycles. The number of aromatic nitrogens is 2. The van der Waals surface area contributed by atoms with E-state index in [2.05, 4.69) is 21.8 Å². The van der Waals surface area contributed by atoms with E-state index < -0.39 is 0 Å². The SMILES string of the molecule is CCN(Cc1ccc(N)cc1)c1nccc(C)n1. The summed E-state index contributed by atoms with van der Waals surface area (Å²) in [6.45, 7) is 5.74. The number of hydrogen-bond donors (Lipinski definition) is 1. The molecule has 0 unspecified atom stereocenters. The van der Waals surface area contributed by atoms with Crippen LogP contribution < -0.4 is 10.6 Å². The van der Waals surface area contributed by atoms with Gasteiger partial charge in [0.25, 0.3) is 0 Å². The van der Waals surface area contributed by atoms with Crippen molar-refractivity contribution in [1.82, 2.24) is 9.97 Å². The molecule has 0 aliphatic rings. The number of anilines is 2. The Kier molecular flexibility index (Phi) is 3.77. The summed E-state index contributed by atoms with van der Waals surface area (Å²) in [5.41, 5.74) is 8.66. The van der Waals surface area contributed by atoms with Crippen LogP contribution in [0.15, 0.2) is 36.5 Å². The summed E-state index contributed by atoms with van der Waals surface area (Å²) >= 11 is 0. The zero-order valence-electron chi connectivity index (χ0n) is 10.8. The average molecular weight is 242 g/mol. The molecule has 2 N–H and O–H groups in total. The molecule has 4 heteroatoms. The fourth-order valence-corrected chi connectivity index (χ4v) is 1.76. The normalized spacial score (nSPS) is 10.3. The predicted molar refractivity (Wildman–Crippen MR) is 74.3 cm³/mol. The standard InChI is InChI=1S/C14H18N4/c1-3-18(14-16-9-8-11(2)17-14)10-12-4-6-13(15)7-5-12/h4-9H,3,10,15H2,1-2H3. The highest BCUT2D eigenvalue weighted by Gasteiger charge is 2.08. The molecular weight excluding hydrogens is 224 g/mol. The van der Waals surface area contributed by atoms with Gasteiger partial charge in [0.15, 0.2) is 0 Å². The zero-order valence-corrected chi connectivity index (χ0v) is 10.8. The van der Waals surface area contributed by atoms with Crippen molar-refractivity contribution < 1.29 is 0 Å². The first-order valence-corrected chi connectivity index (χ1v) is 6.08. The Morgan fingerprint density at radius 3 is 2.50 bits per heavy atom. The molecule has 0 atom stereocenters. The van der Waals surface area contributed by atoms with Crippen molar-refractivity contribution in [2.45, 2.75) is 20.4 Å². The summed E-state index contributed by atoms with van der Waals surface area (Å²) in [7, 11) is 0. The Balaban J connectivity index is 2.17. The van der Waals surface area contributed by atoms with Gasteiger partial charge in [0.05, 0.1) is 0 Å². The van der Waals surface area contributed by atoms with Crippen LogP contribution in [0.3, 0.4) is 0 Å². The molecule has 0 saturated carbocycles. The largest absolute Gasteiger partial charge is 0.399 e. The minimum absolute atomic E-state index is 0.773. The number of benzene rings is 1. The molecule has 2 rings (SSSR count). The number of rotatable bonds is 4. The Bertz CT molecular complexity index is 507. The lowest BCUT2D eigenvalue weighted by Gasteiger charge is -2.21. The van der Waals surface area contributed by atoms with Crippen LogP contribution in [0.2, 0.25) is 0 Å². The highest BCUT2D eigenvalue weighted by molar-refractivity contribution is 5.41. The summed E-state index contributed by atoms with van der Waals surface area (Å²) < 4.78 is 0. The van der Waals surface area contributed by atoms with E-state index in [1.165, 1.54) is 5.56 Å². The Labute approximate surface area is 107 Å². The molecule has 1 heterocycles. The lowest BCUT2D eigenvalue weighted by Crippen LogP contribution is -2.24. The van der Waals surface area contributed by atoms with Crippen LogP contribution in [-0.4, -0.2) is 16.5 Å². The van der Waals surface area contributed by atoms with Crippen molar-refractivity contribution in [3.05, 3.63) is 47.8 Å². The van der Waals surface area contributed by atoms with Crippen LogP contribution >= 0.6 is 0 Å². The maximum Gasteiger partial charge on any atom is 0.225 e. The maximum atomic E-state index is 5.68. The fraction of sp³-hybridized carbons (Fsp3) is 0.286. The molecule has 0 spiro atoms. The smallest absolute Gasteiger partial charge is 0.225 e. The lowest BCUT2D eigenvalue weighted by atomic mass is 10.2. The molecule has 0 aliphatic carbocycles. The molecule has 0 aliphatic heterocycles. The first-order valence-electron chi connectivity index (χ1n) is 6.08. The van der Waals surface area contributed by atoms with E-state index in [1.54, 1.807) is 6.20 Å². The highest BCUT2D eigenvalue weighted by Crippen LogP contribution is 2.13. The fourth-order valence-electron chi connectivity index (χ4n) is 1.76. The van der Waals surface area contributed by atoms with Gasteiger partial charge in [-0.25, -0.2) is 9.97 Å². The van der Waals surface area contributed by atoms with Gasteiger partial charge in [-0.15, -0.1) is 0 Å².